The number of furan rings is 1. The minimum absolute atomic E-state index is 0.954. The second kappa shape index (κ2) is 6.72. The molecule has 0 bridgehead atoms. The lowest BCUT2D eigenvalue weighted by Gasteiger charge is -2.27. The quantitative estimate of drug-likeness (QED) is 0.561. The van der Waals surface area contributed by atoms with E-state index in [1.54, 1.807) is 0 Å². The van der Waals surface area contributed by atoms with Crippen molar-refractivity contribution in [2.24, 2.45) is 0 Å². The van der Waals surface area contributed by atoms with Crippen molar-refractivity contribution in [3.05, 3.63) is 54.1 Å². The second-order valence-corrected chi connectivity index (χ2v) is 6.95. The van der Waals surface area contributed by atoms with Crippen molar-refractivity contribution >= 4 is 16.7 Å². The Labute approximate surface area is 144 Å². The number of nitrogens with zero attached hydrogens (tertiary/aromatic N) is 1. The summed E-state index contributed by atoms with van der Waals surface area (Å²) in [6.07, 6.45) is 6.76. The summed E-state index contributed by atoms with van der Waals surface area (Å²) in [4.78, 5) is 2.53. The largest absolute Gasteiger partial charge is 0.456 e. The van der Waals surface area contributed by atoms with E-state index in [4.69, 9.17) is 4.42 Å². The number of rotatable bonds is 2. The Kier molecular flexibility index (Phi) is 4.29. The predicted molar refractivity (Wildman–Crippen MR) is 102 cm³/mol. The van der Waals surface area contributed by atoms with Crippen molar-refractivity contribution in [2.45, 2.75) is 39.0 Å². The van der Waals surface area contributed by atoms with E-state index in [0.29, 0.717) is 0 Å². The lowest BCUT2D eigenvalue weighted by molar-refractivity contribution is 0.556. The molecule has 0 saturated carbocycles. The van der Waals surface area contributed by atoms with Crippen LogP contribution in [0.1, 0.15) is 37.7 Å². The van der Waals surface area contributed by atoms with Gasteiger partial charge in [-0.3, -0.25) is 0 Å². The standard InChI is InChI=1S/C22H25NO/c1-17-7-8-19-16-22(24-21(19)15-17)18-9-11-20(12-10-18)23-13-5-3-2-4-6-14-23/h7-12,15-16H,2-6,13-14H2,1H3. The molecule has 0 N–H and O–H groups in total. The number of benzene rings is 2. The summed E-state index contributed by atoms with van der Waals surface area (Å²) in [6, 6.07) is 17.4. The highest BCUT2D eigenvalue weighted by molar-refractivity contribution is 5.83. The van der Waals surface area contributed by atoms with Crippen LogP contribution in [-0.2, 0) is 0 Å². The van der Waals surface area contributed by atoms with E-state index in [2.05, 4.69) is 60.4 Å². The third-order valence-electron chi connectivity index (χ3n) is 5.05. The molecule has 0 unspecified atom stereocenters. The summed E-state index contributed by atoms with van der Waals surface area (Å²) < 4.78 is 6.04. The summed E-state index contributed by atoms with van der Waals surface area (Å²) in [5.74, 6) is 0.954. The van der Waals surface area contributed by atoms with Crippen molar-refractivity contribution in [2.75, 3.05) is 18.0 Å². The first-order chi connectivity index (χ1) is 11.8. The van der Waals surface area contributed by atoms with Crippen molar-refractivity contribution in [1.82, 2.24) is 0 Å². The Balaban J connectivity index is 1.57. The molecule has 4 rings (SSSR count). The van der Waals surface area contributed by atoms with Gasteiger partial charge in [-0.25, -0.2) is 0 Å². The highest BCUT2D eigenvalue weighted by Crippen LogP contribution is 2.30. The highest BCUT2D eigenvalue weighted by atomic mass is 16.3. The first kappa shape index (κ1) is 15.3. The van der Waals surface area contributed by atoms with Crippen LogP contribution in [0.5, 0.6) is 0 Å². The van der Waals surface area contributed by atoms with E-state index >= 15 is 0 Å². The van der Waals surface area contributed by atoms with Gasteiger partial charge in [0.25, 0.3) is 0 Å². The number of anilines is 1. The maximum Gasteiger partial charge on any atom is 0.135 e. The predicted octanol–water partition coefficient (Wildman–Crippen LogP) is 6.18. The molecule has 2 heterocycles. The molecule has 124 valence electrons. The average molecular weight is 319 g/mol. The van der Waals surface area contributed by atoms with Crippen molar-refractivity contribution < 1.29 is 4.42 Å². The monoisotopic (exact) mass is 319 g/mol. The maximum atomic E-state index is 6.04. The SMILES string of the molecule is Cc1ccc2cc(-c3ccc(N4CCCCCCC4)cc3)oc2c1. The molecule has 0 atom stereocenters. The van der Waals surface area contributed by atoms with Gasteiger partial charge in [-0.05, 0) is 61.7 Å². The zero-order valence-corrected chi connectivity index (χ0v) is 14.4. The van der Waals surface area contributed by atoms with Crippen molar-refractivity contribution in [3.8, 4) is 11.3 Å². The molecule has 2 aromatic carbocycles. The molecule has 0 spiro atoms. The van der Waals surface area contributed by atoms with E-state index in [-0.39, 0.29) is 0 Å². The lowest BCUT2D eigenvalue weighted by atomic mass is 10.1. The van der Waals surface area contributed by atoms with Gasteiger partial charge in [-0.2, -0.15) is 0 Å². The summed E-state index contributed by atoms with van der Waals surface area (Å²) in [7, 11) is 0. The normalized spacial score (nSPS) is 16.1. The fourth-order valence-electron chi connectivity index (χ4n) is 3.62. The average Bonchev–Trinajstić information content (AvgIpc) is 2.98. The minimum Gasteiger partial charge on any atom is -0.456 e. The van der Waals surface area contributed by atoms with Crippen LogP contribution in [0.15, 0.2) is 52.9 Å². The summed E-state index contributed by atoms with van der Waals surface area (Å²) in [5, 5.41) is 1.17. The number of hydrogen-bond acceptors (Lipinski definition) is 2. The first-order valence-electron chi connectivity index (χ1n) is 9.15. The van der Waals surface area contributed by atoms with Crippen LogP contribution >= 0.6 is 0 Å². The third kappa shape index (κ3) is 3.19. The first-order valence-corrected chi connectivity index (χ1v) is 9.15. The van der Waals surface area contributed by atoms with Gasteiger partial charge in [-0.1, -0.05) is 31.4 Å². The molecule has 1 aliphatic rings. The van der Waals surface area contributed by atoms with Gasteiger partial charge in [0.1, 0.15) is 11.3 Å². The van der Waals surface area contributed by atoms with Crippen LogP contribution in [0, 0.1) is 6.92 Å². The maximum absolute atomic E-state index is 6.04. The van der Waals surface area contributed by atoms with Crippen LogP contribution in [0.25, 0.3) is 22.3 Å². The fraction of sp³-hybridized carbons (Fsp3) is 0.364. The molecule has 0 radical (unpaired) electrons. The van der Waals surface area contributed by atoms with E-state index in [1.807, 2.05) is 0 Å². The number of aryl methyl sites for hydroxylation is 1. The van der Waals surface area contributed by atoms with E-state index in [0.717, 1.165) is 16.9 Å². The molecule has 0 amide bonds. The van der Waals surface area contributed by atoms with Crippen LogP contribution < -0.4 is 4.90 Å². The Morgan fingerprint density at radius 1 is 0.792 bits per heavy atom. The van der Waals surface area contributed by atoms with Crippen LogP contribution in [0.3, 0.4) is 0 Å². The Morgan fingerprint density at radius 3 is 2.25 bits per heavy atom. The van der Waals surface area contributed by atoms with Gasteiger partial charge >= 0.3 is 0 Å². The number of hydrogen-bond donors (Lipinski definition) is 0. The second-order valence-electron chi connectivity index (χ2n) is 6.95. The summed E-state index contributed by atoms with van der Waals surface area (Å²) >= 11 is 0. The van der Waals surface area contributed by atoms with Crippen LogP contribution in [-0.4, -0.2) is 13.1 Å². The van der Waals surface area contributed by atoms with Crippen molar-refractivity contribution in [1.29, 1.82) is 0 Å². The van der Waals surface area contributed by atoms with E-state index < -0.39 is 0 Å². The highest BCUT2D eigenvalue weighted by Gasteiger charge is 2.11. The summed E-state index contributed by atoms with van der Waals surface area (Å²) in [5.41, 5.74) is 4.70. The fourth-order valence-corrected chi connectivity index (χ4v) is 3.62. The molecule has 1 fully saturated rings. The molecule has 2 heteroatoms. The van der Waals surface area contributed by atoms with Gasteiger partial charge < -0.3 is 9.32 Å². The molecule has 1 aromatic heterocycles. The molecule has 24 heavy (non-hydrogen) atoms. The Morgan fingerprint density at radius 2 is 1.50 bits per heavy atom. The molecule has 1 aliphatic heterocycles. The van der Waals surface area contributed by atoms with Gasteiger partial charge in [0.05, 0.1) is 0 Å². The van der Waals surface area contributed by atoms with Gasteiger partial charge in [0.2, 0.25) is 0 Å². The van der Waals surface area contributed by atoms with Crippen molar-refractivity contribution in [3.63, 3.8) is 0 Å². The van der Waals surface area contributed by atoms with Gasteiger partial charge in [0, 0.05) is 29.7 Å². The Hall–Kier alpha value is -2.22. The zero-order valence-electron chi connectivity index (χ0n) is 14.4. The molecule has 0 aliphatic carbocycles. The lowest BCUT2D eigenvalue weighted by Crippen LogP contribution is -2.26. The molecule has 1 saturated heterocycles. The molecule has 3 aromatic rings. The topological polar surface area (TPSA) is 16.4 Å². The molecule has 2 nitrogen and oxygen atoms in total. The van der Waals surface area contributed by atoms with E-state index in [9.17, 15) is 0 Å². The molecular weight excluding hydrogens is 294 g/mol. The molecular formula is C22H25NO. The minimum atomic E-state index is 0.954. The van der Waals surface area contributed by atoms with Gasteiger partial charge in [0.15, 0.2) is 0 Å². The zero-order chi connectivity index (χ0) is 16.4. The Bertz CT molecular complexity index is 808. The number of fused-ring (bicyclic) bond motifs is 1. The van der Waals surface area contributed by atoms with Crippen LogP contribution in [0.4, 0.5) is 5.69 Å². The van der Waals surface area contributed by atoms with Gasteiger partial charge in [-0.15, -0.1) is 0 Å². The third-order valence-corrected chi connectivity index (χ3v) is 5.05. The van der Waals surface area contributed by atoms with E-state index in [1.165, 1.54) is 61.8 Å². The van der Waals surface area contributed by atoms with Crippen LogP contribution in [0.2, 0.25) is 0 Å². The smallest absolute Gasteiger partial charge is 0.135 e. The summed E-state index contributed by atoms with van der Waals surface area (Å²) in [6.45, 7) is 4.46.